The summed E-state index contributed by atoms with van der Waals surface area (Å²) in [4.78, 5) is 12.0. The number of hydrogen-bond acceptors (Lipinski definition) is 3. The van der Waals surface area contributed by atoms with E-state index >= 15 is 0 Å². The van der Waals surface area contributed by atoms with Gasteiger partial charge in [0.15, 0.2) is 11.5 Å². The molecule has 24 heavy (non-hydrogen) atoms. The maximum atomic E-state index is 12.0. The summed E-state index contributed by atoms with van der Waals surface area (Å²) in [6, 6.07) is 12.5. The quantitative estimate of drug-likeness (QED) is 0.592. The van der Waals surface area contributed by atoms with Gasteiger partial charge in [0.05, 0.1) is 17.8 Å². The van der Waals surface area contributed by atoms with Gasteiger partial charge in [0, 0.05) is 6.08 Å². The van der Waals surface area contributed by atoms with E-state index in [1.54, 1.807) is 55.7 Å². The van der Waals surface area contributed by atoms with Crippen molar-refractivity contribution >= 4 is 29.3 Å². The second kappa shape index (κ2) is 8.79. The maximum Gasteiger partial charge on any atom is 0.248 e. The van der Waals surface area contributed by atoms with Crippen LogP contribution in [0.4, 0.5) is 5.69 Å². The lowest BCUT2D eigenvalue weighted by Crippen LogP contribution is -2.07. The minimum Gasteiger partial charge on any atom is -0.493 e. The number of anilines is 1. The first-order chi connectivity index (χ1) is 11.6. The van der Waals surface area contributed by atoms with Crippen LogP contribution in [0.1, 0.15) is 5.56 Å². The SMILES string of the molecule is C=CCOc1ccc(/C=C/C(=O)Nc2ccccc2Cl)cc1OC. The summed E-state index contributed by atoms with van der Waals surface area (Å²) >= 11 is 6.01. The number of ether oxygens (including phenoxy) is 2. The van der Waals surface area contributed by atoms with E-state index in [1.807, 2.05) is 6.07 Å². The van der Waals surface area contributed by atoms with Crippen LogP contribution >= 0.6 is 11.6 Å². The van der Waals surface area contributed by atoms with E-state index in [1.165, 1.54) is 6.08 Å². The van der Waals surface area contributed by atoms with Crippen LogP contribution in [-0.4, -0.2) is 19.6 Å². The summed E-state index contributed by atoms with van der Waals surface area (Å²) in [5.74, 6) is 0.939. The topological polar surface area (TPSA) is 47.6 Å². The minimum atomic E-state index is -0.269. The highest BCUT2D eigenvalue weighted by atomic mass is 35.5. The third-order valence-corrected chi connectivity index (χ3v) is 3.43. The fourth-order valence-corrected chi connectivity index (χ4v) is 2.15. The van der Waals surface area contributed by atoms with Gasteiger partial charge in [-0.15, -0.1) is 0 Å². The average Bonchev–Trinajstić information content (AvgIpc) is 2.60. The highest BCUT2D eigenvalue weighted by Crippen LogP contribution is 2.28. The molecule has 0 spiro atoms. The molecule has 2 aromatic carbocycles. The summed E-state index contributed by atoms with van der Waals surface area (Å²) < 4.78 is 10.8. The van der Waals surface area contributed by atoms with Gasteiger partial charge in [0.2, 0.25) is 5.91 Å². The molecule has 0 aliphatic rings. The molecule has 1 amide bonds. The van der Waals surface area contributed by atoms with E-state index in [-0.39, 0.29) is 5.91 Å². The zero-order valence-corrected chi connectivity index (χ0v) is 14.0. The van der Waals surface area contributed by atoms with Crippen LogP contribution in [0.15, 0.2) is 61.2 Å². The Labute approximate surface area is 146 Å². The Hall–Kier alpha value is -2.72. The van der Waals surface area contributed by atoms with Crippen molar-refractivity contribution in [3.63, 3.8) is 0 Å². The Morgan fingerprint density at radius 2 is 2.04 bits per heavy atom. The zero-order valence-electron chi connectivity index (χ0n) is 13.3. The average molecular weight is 344 g/mol. The molecule has 2 aromatic rings. The first-order valence-electron chi connectivity index (χ1n) is 7.29. The number of carbonyl (C=O) groups is 1. The molecule has 0 atom stereocenters. The number of methoxy groups -OCH3 is 1. The number of nitrogens with one attached hydrogen (secondary N) is 1. The predicted octanol–water partition coefficient (Wildman–Crippen LogP) is 4.57. The van der Waals surface area contributed by atoms with Crippen molar-refractivity contribution in [3.05, 3.63) is 71.8 Å². The lowest BCUT2D eigenvalue weighted by Gasteiger charge is -2.09. The van der Waals surface area contributed by atoms with Gasteiger partial charge >= 0.3 is 0 Å². The smallest absolute Gasteiger partial charge is 0.248 e. The van der Waals surface area contributed by atoms with E-state index in [9.17, 15) is 4.79 Å². The molecule has 2 rings (SSSR count). The van der Waals surface area contributed by atoms with Crippen LogP contribution in [0, 0.1) is 0 Å². The normalized spacial score (nSPS) is 10.4. The van der Waals surface area contributed by atoms with Crippen molar-refractivity contribution in [2.75, 3.05) is 19.0 Å². The van der Waals surface area contributed by atoms with Crippen molar-refractivity contribution in [2.45, 2.75) is 0 Å². The minimum absolute atomic E-state index is 0.269. The molecular formula is C19H18ClNO3. The summed E-state index contributed by atoms with van der Waals surface area (Å²) in [5, 5.41) is 3.21. The Kier molecular flexibility index (Phi) is 6.46. The van der Waals surface area contributed by atoms with Crippen molar-refractivity contribution < 1.29 is 14.3 Å². The van der Waals surface area contributed by atoms with Gasteiger partial charge in [0.25, 0.3) is 0 Å². The highest BCUT2D eigenvalue weighted by Gasteiger charge is 2.05. The van der Waals surface area contributed by atoms with Crippen LogP contribution in [0.25, 0.3) is 6.08 Å². The molecule has 0 saturated heterocycles. The fourth-order valence-electron chi connectivity index (χ4n) is 1.96. The zero-order chi connectivity index (χ0) is 17.4. The molecule has 0 heterocycles. The molecule has 5 heteroatoms. The molecule has 0 aliphatic heterocycles. The van der Waals surface area contributed by atoms with Crippen molar-refractivity contribution in [2.24, 2.45) is 0 Å². The van der Waals surface area contributed by atoms with Crippen LogP contribution in [0.2, 0.25) is 5.02 Å². The van der Waals surface area contributed by atoms with Crippen LogP contribution in [0.3, 0.4) is 0 Å². The maximum absolute atomic E-state index is 12.0. The van der Waals surface area contributed by atoms with Gasteiger partial charge in [-0.05, 0) is 35.9 Å². The van der Waals surface area contributed by atoms with Crippen LogP contribution < -0.4 is 14.8 Å². The summed E-state index contributed by atoms with van der Waals surface area (Å²) in [5.41, 5.74) is 1.38. The monoisotopic (exact) mass is 343 g/mol. The molecule has 1 N–H and O–H groups in total. The molecule has 0 radical (unpaired) electrons. The number of benzene rings is 2. The number of hydrogen-bond donors (Lipinski definition) is 1. The molecule has 124 valence electrons. The van der Waals surface area contributed by atoms with Gasteiger partial charge in [-0.1, -0.05) is 42.5 Å². The predicted molar refractivity (Wildman–Crippen MR) is 97.8 cm³/mol. The first kappa shape index (κ1) is 17.6. The second-order valence-corrected chi connectivity index (χ2v) is 5.22. The number of amides is 1. The van der Waals surface area contributed by atoms with Gasteiger partial charge < -0.3 is 14.8 Å². The van der Waals surface area contributed by atoms with Crippen molar-refractivity contribution in [1.29, 1.82) is 0 Å². The van der Waals surface area contributed by atoms with Crippen LogP contribution in [-0.2, 0) is 4.79 Å². The van der Waals surface area contributed by atoms with Crippen molar-refractivity contribution in [1.82, 2.24) is 0 Å². The molecule has 0 saturated carbocycles. The van der Waals surface area contributed by atoms with E-state index < -0.39 is 0 Å². The molecule has 0 fully saturated rings. The number of rotatable bonds is 7. The Balaban J connectivity index is 2.06. The van der Waals surface area contributed by atoms with E-state index in [2.05, 4.69) is 11.9 Å². The molecule has 0 aliphatic carbocycles. The number of halogens is 1. The summed E-state index contributed by atoms with van der Waals surface area (Å²) in [6.07, 6.45) is 4.78. The van der Waals surface area contributed by atoms with Gasteiger partial charge in [-0.25, -0.2) is 0 Å². The van der Waals surface area contributed by atoms with Crippen molar-refractivity contribution in [3.8, 4) is 11.5 Å². The molecule has 0 unspecified atom stereocenters. The third kappa shape index (κ3) is 4.89. The van der Waals surface area contributed by atoms with Gasteiger partial charge in [0.1, 0.15) is 6.61 Å². The standard InChI is InChI=1S/C19H18ClNO3/c1-3-12-24-17-10-8-14(13-18(17)23-2)9-11-19(22)21-16-7-5-4-6-15(16)20/h3-11,13H,1,12H2,2H3,(H,21,22)/b11-9+. The molecule has 4 nitrogen and oxygen atoms in total. The summed E-state index contributed by atoms with van der Waals surface area (Å²) in [6.45, 7) is 4.00. The molecule has 0 aromatic heterocycles. The first-order valence-corrected chi connectivity index (χ1v) is 7.67. The summed E-state index contributed by atoms with van der Waals surface area (Å²) in [7, 11) is 1.56. The Morgan fingerprint density at radius 3 is 2.75 bits per heavy atom. The Bertz CT molecular complexity index is 756. The molecule has 0 bridgehead atoms. The molecular weight excluding hydrogens is 326 g/mol. The van der Waals surface area contributed by atoms with Gasteiger partial charge in [-0.3, -0.25) is 4.79 Å². The fraction of sp³-hybridized carbons (Fsp3) is 0.105. The Morgan fingerprint density at radius 1 is 1.25 bits per heavy atom. The van der Waals surface area contributed by atoms with Crippen LogP contribution in [0.5, 0.6) is 11.5 Å². The highest BCUT2D eigenvalue weighted by molar-refractivity contribution is 6.33. The second-order valence-electron chi connectivity index (χ2n) is 4.81. The van der Waals surface area contributed by atoms with E-state index in [0.29, 0.717) is 28.8 Å². The lowest BCUT2D eigenvalue weighted by atomic mass is 10.2. The van der Waals surface area contributed by atoms with E-state index in [4.69, 9.17) is 21.1 Å². The third-order valence-electron chi connectivity index (χ3n) is 3.10. The lowest BCUT2D eigenvalue weighted by molar-refractivity contribution is -0.111. The number of para-hydroxylation sites is 1. The number of carbonyl (C=O) groups excluding carboxylic acids is 1. The largest absolute Gasteiger partial charge is 0.493 e. The van der Waals surface area contributed by atoms with E-state index in [0.717, 1.165) is 5.56 Å². The van der Waals surface area contributed by atoms with Gasteiger partial charge in [-0.2, -0.15) is 0 Å².